The molecule has 0 spiro atoms. The summed E-state index contributed by atoms with van der Waals surface area (Å²) < 4.78 is 5.11. The van der Waals surface area contributed by atoms with Crippen molar-refractivity contribution in [3.05, 3.63) is 24.2 Å². The zero-order chi connectivity index (χ0) is 11.3. The highest BCUT2D eigenvalue weighted by molar-refractivity contribution is 5.07. The highest BCUT2D eigenvalue weighted by atomic mass is 16.3. The molecule has 2 atom stereocenters. The van der Waals surface area contributed by atoms with Crippen LogP contribution in [0.25, 0.3) is 0 Å². The minimum Gasteiger partial charge on any atom is -0.472 e. The lowest BCUT2D eigenvalue weighted by molar-refractivity contribution is 0.291. The van der Waals surface area contributed by atoms with Gasteiger partial charge in [0.15, 0.2) is 0 Å². The molecule has 1 N–H and O–H groups in total. The van der Waals surface area contributed by atoms with E-state index in [4.69, 9.17) is 4.42 Å². The van der Waals surface area contributed by atoms with Crippen LogP contribution >= 0.6 is 0 Å². The molecule has 2 nitrogen and oxygen atoms in total. The van der Waals surface area contributed by atoms with Gasteiger partial charge in [0.2, 0.25) is 0 Å². The second kappa shape index (κ2) is 5.96. The van der Waals surface area contributed by atoms with Crippen LogP contribution in [0.4, 0.5) is 0 Å². The molecule has 0 aliphatic rings. The smallest absolute Gasteiger partial charge is 0.0934 e. The summed E-state index contributed by atoms with van der Waals surface area (Å²) >= 11 is 0. The summed E-state index contributed by atoms with van der Waals surface area (Å²) in [4.78, 5) is 0. The van der Waals surface area contributed by atoms with E-state index in [1.165, 1.54) is 5.56 Å². The van der Waals surface area contributed by atoms with Gasteiger partial charge >= 0.3 is 0 Å². The Kier molecular flexibility index (Phi) is 4.89. The molecule has 2 unspecified atom stereocenters. The third-order valence-corrected chi connectivity index (χ3v) is 3.08. The maximum absolute atomic E-state index is 5.11. The SMILES string of the molecule is CCNC(C)C(Cc1ccoc1)C(C)C. The molecule has 15 heavy (non-hydrogen) atoms. The van der Waals surface area contributed by atoms with E-state index in [0.29, 0.717) is 17.9 Å². The monoisotopic (exact) mass is 209 g/mol. The van der Waals surface area contributed by atoms with Crippen molar-refractivity contribution in [3.63, 3.8) is 0 Å². The Balaban J connectivity index is 2.58. The molecule has 1 rings (SSSR count). The maximum Gasteiger partial charge on any atom is 0.0934 e. The van der Waals surface area contributed by atoms with Crippen molar-refractivity contribution in [2.24, 2.45) is 11.8 Å². The topological polar surface area (TPSA) is 25.2 Å². The van der Waals surface area contributed by atoms with Crippen LogP contribution in [-0.4, -0.2) is 12.6 Å². The first-order valence-electron chi connectivity index (χ1n) is 5.89. The molecule has 0 aliphatic carbocycles. The van der Waals surface area contributed by atoms with E-state index in [2.05, 4.69) is 39.1 Å². The Morgan fingerprint density at radius 1 is 1.33 bits per heavy atom. The quantitative estimate of drug-likeness (QED) is 0.779. The van der Waals surface area contributed by atoms with Crippen LogP contribution in [0.2, 0.25) is 0 Å². The van der Waals surface area contributed by atoms with E-state index >= 15 is 0 Å². The third-order valence-electron chi connectivity index (χ3n) is 3.08. The Morgan fingerprint density at radius 3 is 2.53 bits per heavy atom. The van der Waals surface area contributed by atoms with Gasteiger partial charge in [-0.25, -0.2) is 0 Å². The molecular formula is C13H23NO. The Bertz CT molecular complexity index is 254. The fourth-order valence-corrected chi connectivity index (χ4v) is 2.14. The van der Waals surface area contributed by atoms with Crippen molar-refractivity contribution in [2.75, 3.05) is 6.54 Å². The van der Waals surface area contributed by atoms with Gasteiger partial charge in [-0.15, -0.1) is 0 Å². The van der Waals surface area contributed by atoms with Crippen LogP contribution in [0, 0.1) is 11.8 Å². The Morgan fingerprint density at radius 2 is 2.07 bits per heavy atom. The van der Waals surface area contributed by atoms with Crippen molar-refractivity contribution >= 4 is 0 Å². The predicted molar refractivity (Wildman–Crippen MR) is 63.9 cm³/mol. The summed E-state index contributed by atoms with van der Waals surface area (Å²) in [5.41, 5.74) is 1.30. The van der Waals surface area contributed by atoms with Crippen LogP contribution in [0.1, 0.15) is 33.3 Å². The van der Waals surface area contributed by atoms with Gasteiger partial charge in [0.1, 0.15) is 0 Å². The average molecular weight is 209 g/mol. The van der Waals surface area contributed by atoms with E-state index in [9.17, 15) is 0 Å². The summed E-state index contributed by atoms with van der Waals surface area (Å²) in [6, 6.07) is 2.62. The molecule has 0 radical (unpaired) electrons. The summed E-state index contributed by atoms with van der Waals surface area (Å²) in [5.74, 6) is 1.36. The lowest BCUT2D eigenvalue weighted by Crippen LogP contribution is -2.37. The van der Waals surface area contributed by atoms with Gasteiger partial charge in [-0.05, 0) is 43.4 Å². The second-order valence-corrected chi connectivity index (χ2v) is 4.59. The molecular weight excluding hydrogens is 186 g/mol. The first-order valence-corrected chi connectivity index (χ1v) is 5.89. The van der Waals surface area contributed by atoms with Gasteiger partial charge in [-0.1, -0.05) is 20.8 Å². The first-order chi connectivity index (χ1) is 7.15. The molecule has 0 aliphatic heterocycles. The van der Waals surface area contributed by atoms with E-state index in [-0.39, 0.29) is 0 Å². The van der Waals surface area contributed by atoms with E-state index in [1.807, 2.05) is 6.26 Å². The van der Waals surface area contributed by atoms with Gasteiger partial charge in [0, 0.05) is 6.04 Å². The lowest BCUT2D eigenvalue weighted by atomic mass is 9.84. The van der Waals surface area contributed by atoms with Gasteiger partial charge in [-0.3, -0.25) is 0 Å². The number of furan rings is 1. The van der Waals surface area contributed by atoms with Crippen LogP contribution in [-0.2, 0) is 6.42 Å². The summed E-state index contributed by atoms with van der Waals surface area (Å²) in [5, 5.41) is 3.51. The molecule has 0 aromatic carbocycles. The molecule has 86 valence electrons. The summed E-state index contributed by atoms with van der Waals surface area (Å²) in [7, 11) is 0. The third kappa shape index (κ3) is 3.71. The number of nitrogens with one attached hydrogen (secondary N) is 1. The first kappa shape index (κ1) is 12.3. The van der Waals surface area contributed by atoms with Crippen molar-refractivity contribution in [1.29, 1.82) is 0 Å². The van der Waals surface area contributed by atoms with Crippen molar-refractivity contribution in [1.82, 2.24) is 5.32 Å². The Hall–Kier alpha value is -0.760. The molecule has 1 aromatic rings. The molecule has 1 heterocycles. The second-order valence-electron chi connectivity index (χ2n) is 4.59. The minimum absolute atomic E-state index is 0.560. The van der Waals surface area contributed by atoms with Gasteiger partial charge in [0.25, 0.3) is 0 Å². The normalized spacial score (nSPS) is 15.5. The molecule has 0 bridgehead atoms. The minimum atomic E-state index is 0.560. The maximum atomic E-state index is 5.11. The number of hydrogen-bond acceptors (Lipinski definition) is 2. The van der Waals surface area contributed by atoms with E-state index < -0.39 is 0 Å². The van der Waals surface area contributed by atoms with Crippen molar-refractivity contribution < 1.29 is 4.42 Å². The van der Waals surface area contributed by atoms with Gasteiger partial charge < -0.3 is 9.73 Å². The van der Waals surface area contributed by atoms with Crippen LogP contribution in [0.5, 0.6) is 0 Å². The highest BCUT2D eigenvalue weighted by Crippen LogP contribution is 2.21. The zero-order valence-corrected chi connectivity index (χ0v) is 10.3. The van der Waals surface area contributed by atoms with Crippen molar-refractivity contribution in [3.8, 4) is 0 Å². The van der Waals surface area contributed by atoms with Gasteiger partial charge in [0.05, 0.1) is 12.5 Å². The zero-order valence-electron chi connectivity index (χ0n) is 10.3. The number of rotatable bonds is 6. The Labute approximate surface area is 93.1 Å². The van der Waals surface area contributed by atoms with Crippen LogP contribution < -0.4 is 5.32 Å². The summed E-state index contributed by atoms with van der Waals surface area (Å²) in [6.07, 6.45) is 4.71. The van der Waals surface area contributed by atoms with Crippen LogP contribution in [0.15, 0.2) is 23.0 Å². The van der Waals surface area contributed by atoms with E-state index in [0.717, 1.165) is 13.0 Å². The molecule has 0 saturated heterocycles. The average Bonchev–Trinajstić information content (AvgIpc) is 2.66. The van der Waals surface area contributed by atoms with Crippen molar-refractivity contribution in [2.45, 2.75) is 40.2 Å². The summed E-state index contributed by atoms with van der Waals surface area (Å²) in [6.45, 7) is 10.0. The van der Waals surface area contributed by atoms with Crippen LogP contribution in [0.3, 0.4) is 0 Å². The largest absolute Gasteiger partial charge is 0.472 e. The molecule has 2 heteroatoms. The molecule has 1 aromatic heterocycles. The molecule has 0 amide bonds. The number of hydrogen-bond donors (Lipinski definition) is 1. The predicted octanol–water partition coefficient (Wildman–Crippen LogP) is 3.09. The fourth-order valence-electron chi connectivity index (χ4n) is 2.14. The highest BCUT2D eigenvalue weighted by Gasteiger charge is 2.20. The fraction of sp³-hybridized carbons (Fsp3) is 0.692. The van der Waals surface area contributed by atoms with Gasteiger partial charge in [-0.2, -0.15) is 0 Å². The standard InChI is InChI=1S/C13H23NO/c1-5-14-11(4)13(10(2)3)8-12-6-7-15-9-12/h6-7,9-11,13-14H,5,8H2,1-4H3. The molecule has 0 saturated carbocycles. The van der Waals surface area contributed by atoms with E-state index in [1.54, 1.807) is 6.26 Å². The molecule has 0 fully saturated rings. The lowest BCUT2D eigenvalue weighted by Gasteiger charge is -2.27.